The Bertz CT molecular complexity index is 496. The first-order valence-electron chi connectivity index (χ1n) is 5.15. The minimum Gasteiger partial charge on any atom is -0.481 e. The Kier molecular flexibility index (Phi) is 2.57. The summed E-state index contributed by atoms with van der Waals surface area (Å²) in [6.45, 7) is 0. The SMILES string of the molecule is O=C(O)C1(c2cc([N+](=O)[O-])ccc2F)CCC1. The highest BCUT2D eigenvalue weighted by Gasteiger charge is 2.48. The summed E-state index contributed by atoms with van der Waals surface area (Å²) >= 11 is 0. The summed E-state index contributed by atoms with van der Waals surface area (Å²) in [7, 11) is 0. The van der Waals surface area contributed by atoms with Gasteiger partial charge in [-0.15, -0.1) is 0 Å². The summed E-state index contributed by atoms with van der Waals surface area (Å²) in [6, 6.07) is 3.02. The van der Waals surface area contributed by atoms with Crippen molar-refractivity contribution < 1.29 is 19.2 Å². The zero-order chi connectivity index (χ0) is 12.6. The summed E-state index contributed by atoms with van der Waals surface area (Å²) in [4.78, 5) is 21.1. The number of halogens is 1. The number of carbonyl (C=O) groups is 1. The lowest BCUT2D eigenvalue weighted by Gasteiger charge is -2.38. The van der Waals surface area contributed by atoms with E-state index in [4.69, 9.17) is 5.11 Å². The molecule has 1 aliphatic rings. The van der Waals surface area contributed by atoms with E-state index in [1.54, 1.807) is 0 Å². The second kappa shape index (κ2) is 3.80. The monoisotopic (exact) mass is 239 g/mol. The minimum absolute atomic E-state index is 0.0783. The molecule has 0 amide bonds. The first-order valence-corrected chi connectivity index (χ1v) is 5.15. The van der Waals surface area contributed by atoms with Crippen LogP contribution in [0.4, 0.5) is 10.1 Å². The number of aliphatic carboxylic acids is 1. The zero-order valence-corrected chi connectivity index (χ0v) is 8.85. The molecule has 0 atom stereocenters. The molecule has 0 radical (unpaired) electrons. The fourth-order valence-corrected chi connectivity index (χ4v) is 2.12. The standard InChI is InChI=1S/C11H10FNO4/c12-9-3-2-7(13(16)17)6-8(9)11(10(14)15)4-1-5-11/h2-3,6H,1,4-5H2,(H,14,15). The van der Waals surface area contributed by atoms with Crippen molar-refractivity contribution >= 4 is 11.7 Å². The summed E-state index contributed by atoms with van der Waals surface area (Å²) in [5, 5.41) is 19.8. The summed E-state index contributed by atoms with van der Waals surface area (Å²) < 4.78 is 13.6. The summed E-state index contributed by atoms with van der Waals surface area (Å²) in [5.41, 5.74) is -1.64. The molecule has 1 aromatic carbocycles. The third kappa shape index (κ3) is 1.65. The summed E-state index contributed by atoms with van der Waals surface area (Å²) in [6.07, 6.45) is 1.33. The van der Waals surface area contributed by atoms with E-state index in [1.165, 1.54) is 0 Å². The van der Waals surface area contributed by atoms with Gasteiger partial charge in [-0.1, -0.05) is 6.42 Å². The van der Waals surface area contributed by atoms with Crippen molar-refractivity contribution in [3.05, 3.63) is 39.7 Å². The normalized spacial score (nSPS) is 17.2. The molecule has 90 valence electrons. The van der Waals surface area contributed by atoms with Crippen molar-refractivity contribution in [1.29, 1.82) is 0 Å². The van der Waals surface area contributed by atoms with Gasteiger partial charge in [0.15, 0.2) is 0 Å². The molecule has 1 N–H and O–H groups in total. The predicted octanol–water partition coefficient (Wildman–Crippen LogP) is 2.24. The molecule has 1 aromatic rings. The number of nitro benzene ring substituents is 1. The van der Waals surface area contributed by atoms with E-state index in [2.05, 4.69) is 0 Å². The van der Waals surface area contributed by atoms with Gasteiger partial charge in [0.25, 0.3) is 5.69 Å². The van der Waals surface area contributed by atoms with Crippen molar-refractivity contribution in [2.75, 3.05) is 0 Å². The highest BCUT2D eigenvalue weighted by molar-refractivity contribution is 5.83. The van der Waals surface area contributed by atoms with E-state index in [0.29, 0.717) is 19.3 Å². The Hall–Kier alpha value is -1.98. The molecule has 0 bridgehead atoms. The van der Waals surface area contributed by atoms with Crippen LogP contribution in [-0.2, 0) is 10.2 Å². The highest BCUT2D eigenvalue weighted by atomic mass is 19.1. The molecule has 0 aliphatic heterocycles. The third-order valence-corrected chi connectivity index (χ3v) is 3.29. The van der Waals surface area contributed by atoms with Crippen molar-refractivity contribution in [2.45, 2.75) is 24.7 Å². The second-order valence-corrected chi connectivity index (χ2v) is 4.16. The van der Waals surface area contributed by atoms with Crippen LogP contribution in [-0.4, -0.2) is 16.0 Å². The average Bonchev–Trinajstić information content (AvgIpc) is 2.18. The van der Waals surface area contributed by atoms with Crippen molar-refractivity contribution in [2.24, 2.45) is 0 Å². The van der Waals surface area contributed by atoms with Crippen LogP contribution in [0.5, 0.6) is 0 Å². The van der Waals surface area contributed by atoms with Crippen LogP contribution < -0.4 is 0 Å². The van der Waals surface area contributed by atoms with Gasteiger partial charge in [0.1, 0.15) is 5.82 Å². The van der Waals surface area contributed by atoms with Gasteiger partial charge in [0.2, 0.25) is 0 Å². The number of nitrogens with zero attached hydrogens (tertiary/aromatic N) is 1. The third-order valence-electron chi connectivity index (χ3n) is 3.29. The highest BCUT2D eigenvalue weighted by Crippen LogP contribution is 2.45. The molecule has 0 saturated heterocycles. The molecule has 0 unspecified atom stereocenters. The van der Waals surface area contributed by atoms with Crippen LogP contribution in [0.15, 0.2) is 18.2 Å². The molecule has 1 fully saturated rings. The van der Waals surface area contributed by atoms with Gasteiger partial charge in [-0.2, -0.15) is 0 Å². The van der Waals surface area contributed by atoms with E-state index in [1.807, 2.05) is 0 Å². The molecule has 1 aliphatic carbocycles. The molecule has 6 heteroatoms. The van der Waals surface area contributed by atoms with E-state index in [9.17, 15) is 19.3 Å². The van der Waals surface area contributed by atoms with Gasteiger partial charge in [-0.3, -0.25) is 14.9 Å². The van der Waals surface area contributed by atoms with E-state index >= 15 is 0 Å². The van der Waals surface area contributed by atoms with Gasteiger partial charge < -0.3 is 5.11 Å². The number of hydrogen-bond acceptors (Lipinski definition) is 3. The first kappa shape index (κ1) is 11.5. The van der Waals surface area contributed by atoms with E-state index in [-0.39, 0.29) is 11.3 Å². The molecule has 17 heavy (non-hydrogen) atoms. The fourth-order valence-electron chi connectivity index (χ4n) is 2.12. The second-order valence-electron chi connectivity index (χ2n) is 4.16. The Balaban J connectivity index is 2.54. The van der Waals surface area contributed by atoms with Gasteiger partial charge in [-0.25, -0.2) is 4.39 Å². The maximum absolute atomic E-state index is 13.6. The van der Waals surface area contributed by atoms with Crippen LogP contribution in [0.3, 0.4) is 0 Å². The van der Waals surface area contributed by atoms with E-state index in [0.717, 1.165) is 18.2 Å². The van der Waals surface area contributed by atoms with Crippen LogP contribution in [0.25, 0.3) is 0 Å². The number of rotatable bonds is 3. The average molecular weight is 239 g/mol. The largest absolute Gasteiger partial charge is 0.481 e. The molecule has 5 nitrogen and oxygen atoms in total. The fraction of sp³-hybridized carbons (Fsp3) is 0.364. The quantitative estimate of drug-likeness (QED) is 0.647. The number of carboxylic acids is 1. The number of hydrogen-bond donors (Lipinski definition) is 1. The van der Waals surface area contributed by atoms with Crippen molar-refractivity contribution in [3.8, 4) is 0 Å². The lowest BCUT2D eigenvalue weighted by atomic mass is 9.64. The zero-order valence-electron chi connectivity index (χ0n) is 8.85. The van der Waals surface area contributed by atoms with Crippen LogP contribution in [0.1, 0.15) is 24.8 Å². The Labute approximate surface area is 96.0 Å². The Morgan fingerprint density at radius 2 is 2.12 bits per heavy atom. The van der Waals surface area contributed by atoms with Gasteiger partial charge in [-0.05, 0) is 18.9 Å². The number of nitro groups is 1. The maximum atomic E-state index is 13.6. The van der Waals surface area contributed by atoms with Crippen LogP contribution in [0.2, 0.25) is 0 Å². The van der Waals surface area contributed by atoms with Gasteiger partial charge >= 0.3 is 5.97 Å². The molecule has 0 spiro atoms. The van der Waals surface area contributed by atoms with Gasteiger partial charge in [0.05, 0.1) is 10.3 Å². The predicted molar refractivity (Wildman–Crippen MR) is 56.2 cm³/mol. The molecular weight excluding hydrogens is 229 g/mol. The van der Waals surface area contributed by atoms with E-state index < -0.39 is 22.1 Å². The van der Waals surface area contributed by atoms with Crippen LogP contribution >= 0.6 is 0 Å². The lowest BCUT2D eigenvalue weighted by molar-refractivity contribution is -0.385. The molecule has 2 rings (SSSR count). The lowest BCUT2D eigenvalue weighted by Crippen LogP contribution is -2.43. The topological polar surface area (TPSA) is 80.4 Å². The number of carboxylic acid groups (broad SMARTS) is 1. The molecular formula is C11H10FNO4. The smallest absolute Gasteiger partial charge is 0.314 e. The summed E-state index contributed by atoms with van der Waals surface area (Å²) in [5.74, 6) is -1.82. The number of benzene rings is 1. The molecule has 1 saturated carbocycles. The number of non-ortho nitro benzene ring substituents is 1. The van der Waals surface area contributed by atoms with Crippen LogP contribution in [0, 0.1) is 15.9 Å². The minimum atomic E-state index is -1.28. The Morgan fingerprint density at radius 3 is 2.53 bits per heavy atom. The molecule has 0 heterocycles. The first-order chi connectivity index (χ1) is 7.97. The van der Waals surface area contributed by atoms with Gasteiger partial charge in [0, 0.05) is 17.7 Å². The maximum Gasteiger partial charge on any atom is 0.314 e. The van der Waals surface area contributed by atoms with Crippen molar-refractivity contribution in [3.63, 3.8) is 0 Å². The Morgan fingerprint density at radius 1 is 1.47 bits per heavy atom. The van der Waals surface area contributed by atoms with Crippen molar-refractivity contribution in [1.82, 2.24) is 0 Å². The molecule has 0 aromatic heterocycles.